The Morgan fingerprint density at radius 2 is 2.50 bits per heavy atom. The molecule has 2 unspecified atom stereocenters. The van der Waals surface area contributed by atoms with Gasteiger partial charge in [-0.25, -0.2) is 0 Å². The summed E-state index contributed by atoms with van der Waals surface area (Å²) in [6, 6.07) is 0. The van der Waals surface area contributed by atoms with Crippen molar-refractivity contribution in [3.05, 3.63) is 12.2 Å². The summed E-state index contributed by atoms with van der Waals surface area (Å²) in [5.41, 5.74) is 0.407. The van der Waals surface area contributed by atoms with E-state index in [1.54, 1.807) is 0 Å². The molecule has 0 saturated carbocycles. The molecule has 0 radical (unpaired) electrons. The number of hydrogen-bond acceptors (Lipinski definition) is 1. The first-order valence-corrected chi connectivity index (χ1v) is 2.96. The van der Waals surface area contributed by atoms with Crippen LogP contribution in [0.3, 0.4) is 0 Å². The molecule has 0 fully saturated rings. The Hall–Kier alpha value is -0.160. The SMILES string of the molecule is O=[PH+]C1C=CC1. The first-order valence-electron chi connectivity index (χ1n) is 1.98. The zero-order valence-corrected chi connectivity index (χ0v) is 4.35. The molecule has 1 aliphatic rings. The van der Waals surface area contributed by atoms with Gasteiger partial charge in [-0.3, -0.25) is 0 Å². The lowest BCUT2D eigenvalue weighted by atomic mass is 10.1. The van der Waals surface area contributed by atoms with Crippen molar-refractivity contribution in [2.24, 2.45) is 0 Å². The summed E-state index contributed by atoms with van der Waals surface area (Å²) >= 11 is 0. The molecule has 1 nitrogen and oxygen atoms in total. The molecule has 0 aromatic carbocycles. The van der Waals surface area contributed by atoms with Gasteiger partial charge in [0.1, 0.15) is 0 Å². The van der Waals surface area contributed by atoms with Gasteiger partial charge in [0.15, 0.2) is 5.66 Å². The molecule has 0 aromatic heterocycles. The number of allylic oxidation sites excluding steroid dienone is 2. The molecule has 0 N–H and O–H groups in total. The molecule has 0 heterocycles. The molecule has 0 aromatic rings. The van der Waals surface area contributed by atoms with Crippen molar-refractivity contribution < 1.29 is 4.57 Å². The van der Waals surface area contributed by atoms with Crippen LogP contribution in [0.25, 0.3) is 0 Å². The number of hydrogen-bond donors (Lipinski definition) is 0. The molecule has 1 rings (SSSR count). The summed E-state index contributed by atoms with van der Waals surface area (Å²) in [7, 11) is -0.118. The van der Waals surface area contributed by atoms with Crippen LogP contribution >= 0.6 is 8.46 Å². The topological polar surface area (TPSA) is 17.1 Å². The van der Waals surface area contributed by atoms with Gasteiger partial charge in [-0.15, -0.1) is 0 Å². The van der Waals surface area contributed by atoms with E-state index >= 15 is 0 Å². The van der Waals surface area contributed by atoms with Crippen LogP contribution in [0, 0.1) is 0 Å². The van der Waals surface area contributed by atoms with Gasteiger partial charge in [-0.05, 0) is 6.08 Å². The highest BCUT2D eigenvalue weighted by Crippen LogP contribution is 2.20. The third-order valence-corrected chi connectivity index (χ3v) is 1.64. The Balaban J connectivity index is 2.39. The van der Waals surface area contributed by atoms with Gasteiger partial charge in [0.25, 0.3) is 0 Å². The summed E-state index contributed by atoms with van der Waals surface area (Å²) in [4.78, 5) is 0. The lowest BCUT2D eigenvalue weighted by Crippen LogP contribution is -1.98. The molecule has 0 spiro atoms. The Bertz CT molecular complexity index is 87.5. The molecule has 0 saturated heterocycles. The standard InChI is InChI=1S/C4H5OP/c5-6-4-2-1-3-4/h1-2,4H,3H2/p+1. The van der Waals surface area contributed by atoms with Gasteiger partial charge < -0.3 is 0 Å². The molecule has 0 amide bonds. The van der Waals surface area contributed by atoms with Crippen LogP contribution in [0.2, 0.25) is 0 Å². The fraction of sp³-hybridized carbons (Fsp3) is 0.500. The second kappa shape index (κ2) is 1.53. The average Bonchev–Trinajstić information content (AvgIpc) is 1.31. The molecule has 1 aliphatic carbocycles. The lowest BCUT2D eigenvalue weighted by Gasteiger charge is -1.98. The van der Waals surface area contributed by atoms with E-state index < -0.39 is 0 Å². The van der Waals surface area contributed by atoms with Gasteiger partial charge in [0.2, 0.25) is 0 Å². The average molecular weight is 101 g/mol. The smallest absolute Gasteiger partial charge is 0.0792 e. The summed E-state index contributed by atoms with van der Waals surface area (Å²) in [6.45, 7) is 0. The Morgan fingerprint density at radius 3 is 2.50 bits per heavy atom. The summed E-state index contributed by atoms with van der Waals surface area (Å²) < 4.78 is 9.89. The van der Waals surface area contributed by atoms with E-state index in [1.807, 2.05) is 12.2 Å². The van der Waals surface area contributed by atoms with Crippen LogP contribution in [-0.4, -0.2) is 5.66 Å². The second-order valence-electron chi connectivity index (χ2n) is 1.39. The van der Waals surface area contributed by atoms with Crippen molar-refractivity contribution >= 4 is 8.46 Å². The van der Waals surface area contributed by atoms with E-state index in [2.05, 4.69) is 0 Å². The lowest BCUT2D eigenvalue weighted by molar-refractivity contribution is 0.593. The quantitative estimate of drug-likeness (QED) is 0.359. The van der Waals surface area contributed by atoms with E-state index in [-0.39, 0.29) is 8.46 Å². The summed E-state index contributed by atoms with van der Waals surface area (Å²) in [5.74, 6) is 0. The Kier molecular flexibility index (Phi) is 1.02. The highest BCUT2D eigenvalue weighted by atomic mass is 31.1. The van der Waals surface area contributed by atoms with E-state index in [0.29, 0.717) is 5.66 Å². The van der Waals surface area contributed by atoms with Crippen molar-refractivity contribution in [3.63, 3.8) is 0 Å². The zero-order chi connectivity index (χ0) is 4.41. The number of rotatable bonds is 1. The van der Waals surface area contributed by atoms with Crippen LogP contribution in [-0.2, 0) is 4.57 Å². The Labute approximate surface area is 38.3 Å². The first-order chi connectivity index (χ1) is 2.93. The van der Waals surface area contributed by atoms with Crippen molar-refractivity contribution in [1.29, 1.82) is 0 Å². The fourth-order valence-corrected chi connectivity index (χ4v) is 0.807. The minimum atomic E-state index is -0.118. The van der Waals surface area contributed by atoms with Crippen molar-refractivity contribution in [1.82, 2.24) is 0 Å². The first kappa shape index (κ1) is 4.01. The second-order valence-corrected chi connectivity index (χ2v) is 2.37. The molecule has 6 heavy (non-hydrogen) atoms. The molecule has 2 atom stereocenters. The highest BCUT2D eigenvalue weighted by molar-refractivity contribution is 7.25. The van der Waals surface area contributed by atoms with Gasteiger partial charge in [0, 0.05) is 6.42 Å². The van der Waals surface area contributed by atoms with Gasteiger partial charge in [-0.2, -0.15) is 0 Å². The van der Waals surface area contributed by atoms with E-state index in [4.69, 9.17) is 0 Å². The third-order valence-electron chi connectivity index (χ3n) is 0.910. The van der Waals surface area contributed by atoms with Gasteiger partial charge >= 0.3 is 8.46 Å². The molecular formula is C4H6OP+. The molecular weight excluding hydrogens is 95.0 g/mol. The monoisotopic (exact) mass is 101 g/mol. The van der Waals surface area contributed by atoms with Crippen molar-refractivity contribution in [2.45, 2.75) is 12.1 Å². The van der Waals surface area contributed by atoms with E-state index in [0.717, 1.165) is 6.42 Å². The molecule has 32 valence electrons. The normalized spacial score (nSPS) is 30.3. The van der Waals surface area contributed by atoms with E-state index in [9.17, 15) is 4.57 Å². The van der Waals surface area contributed by atoms with Crippen LogP contribution < -0.4 is 0 Å². The van der Waals surface area contributed by atoms with Crippen LogP contribution in [0.4, 0.5) is 0 Å². The predicted molar refractivity (Wildman–Crippen MR) is 26.5 cm³/mol. The largest absolute Gasteiger partial charge is 0.332 e. The van der Waals surface area contributed by atoms with Crippen LogP contribution in [0.5, 0.6) is 0 Å². The zero-order valence-electron chi connectivity index (χ0n) is 3.35. The van der Waals surface area contributed by atoms with Crippen molar-refractivity contribution in [2.75, 3.05) is 0 Å². The maximum absolute atomic E-state index is 9.89. The van der Waals surface area contributed by atoms with E-state index in [1.165, 1.54) is 0 Å². The summed E-state index contributed by atoms with van der Waals surface area (Å²) in [6.07, 6.45) is 5.04. The minimum absolute atomic E-state index is 0.118. The highest BCUT2D eigenvalue weighted by Gasteiger charge is 2.15. The molecule has 0 aliphatic heterocycles. The van der Waals surface area contributed by atoms with Crippen LogP contribution in [0.15, 0.2) is 12.2 Å². The van der Waals surface area contributed by atoms with Gasteiger partial charge in [0.05, 0.1) is 0 Å². The maximum atomic E-state index is 9.89. The van der Waals surface area contributed by atoms with Crippen LogP contribution in [0.1, 0.15) is 6.42 Å². The Morgan fingerprint density at radius 1 is 1.83 bits per heavy atom. The summed E-state index contributed by atoms with van der Waals surface area (Å²) in [5, 5.41) is 0. The van der Waals surface area contributed by atoms with Crippen molar-refractivity contribution in [3.8, 4) is 0 Å². The predicted octanol–water partition coefficient (Wildman–Crippen LogP) is 1.34. The molecule has 0 bridgehead atoms. The minimum Gasteiger partial charge on any atom is -0.0792 e. The van der Waals surface area contributed by atoms with Gasteiger partial charge in [-0.1, -0.05) is 10.6 Å². The third kappa shape index (κ3) is 0.504. The maximum Gasteiger partial charge on any atom is 0.332 e. The molecule has 2 heteroatoms. The fourth-order valence-electron chi connectivity index (χ4n) is 0.360.